The van der Waals surface area contributed by atoms with Crippen molar-refractivity contribution in [3.63, 3.8) is 0 Å². The van der Waals surface area contributed by atoms with Crippen molar-refractivity contribution in [3.05, 3.63) is 158 Å². The van der Waals surface area contributed by atoms with Gasteiger partial charge in [-0.2, -0.15) is 0 Å². The number of hydrogen-bond acceptors (Lipinski definition) is 8. The first-order valence-electron chi connectivity index (χ1n) is 14.1. The lowest BCUT2D eigenvalue weighted by molar-refractivity contribution is 0.481. The first kappa shape index (κ1) is 31.7. The molecule has 0 amide bonds. The van der Waals surface area contributed by atoms with E-state index in [0.29, 0.717) is 23.0 Å². The van der Waals surface area contributed by atoms with E-state index in [-0.39, 0.29) is 29.4 Å². The fraction of sp³-hybridized carbons (Fsp3) is 0. The molecule has 236 valence electrons. The lowest BCUT2D eigenvalue weighted by Crippen LogP contribution is -2.02. The minimum absolute atomic E-state index is 0.0537. The molecule has 0 heterocycles. The molecule has 0 N–H and O–H groups in total. The van der Waals surface area contributed by atoms with Crippen LogP contribution in [0.15, 0.2) is 187 Å². The summed E-state index contributed by atoms with van der Waals surface area (Å²) in [6.45, 7) is 0. The van der Waals surface area contributed by atoms with E-state index in [0.717, 1.165) is 0 Å². The Morgan fingerprint density at radius 3 is 0.660 bits per heavy atom. The van der Waals surface area contributed by atoms with Gasteiger partial charge in [0, 0.05) is 0 Å². The molecule has 6 aromatic carbocycles. The van der Waals surface area contributed by atoms with Crippen molar-refractivity contribution in [1.29, 1.82) is 0 Å². The molecule has 47 heavy (non-hydrogen) atoms. The molecule has 0 aliphatic rings. The van der Waals surface area contributed by atoms with Gasteiger partial charge in [-0.3, -0.25) is 0 Å². The zero-order valence-corrected chi connectivity index (χ0v) is 27.0. The maximum Gasteiger partial charge on any atom is 0.206 e. The molecule has 0 saturated carbocycles. The molecule has 11 heteroatoms. The molecule has 0 aromatic heterocycles. The number of sulfone groups is 3. The van der Waals surface area contributed by atoms with Gasteiger partial charge in [-0.15, -0.1) is 0 Å². The third-order valence-corrected chi connectivity index (χ3v) is 12.5. The highest BCUT2D eigenvalue weighted by molar-refractivity contribution is 7.92. The van der Waals surface area contributed by atoms with Gasteiger partial charge in [-0.1, -0.05) is 36.4 Å². The standard InChI is InChI=1S/C36H26O8S3/c37-45(38,31-7-3-1-4-8-31)33-19-11-27(12-20-33)43-29-15-23-35(24-16-29)47(41,42)36-25-17-30(18-26-36)44-28-13-21-34(22-14-28)46(39,40)32-9-5-2-6-10-32/h1-26H. The second kappa shape index (κ2) is 12.9. The van der Waals surface area contributed by atoms with E-state index in [4.69, 9.17) is 9.47 Å². The average molecular weight is 683 g/mol. The van der Waals surface area contributed by atoms with Crippen LogP contribution in [0.4, 0.5) is 0 Å². The van der Waals surface area contributed by atoms with Crippen molar-refractivity contribution < 1.29 is 34.7 Å². The zero-order chi connectivity index (χ0) is 33.1. The third-order valence-electron chi connectivity index (χ3n) is 7.11. The van der Waals surface area contributed by atoms with Crippen molar-refractivity contribution in [2.45, 2.75) is 29.4 Å². The largest absolute Gasteiger partial charge is 0.457 e. The van der Waals surface area contributed by atoms with Crippen molar-refractivity contribution in [3.8, 4) is 23.0 Å². The molecule has 6 rings (SSSR count). The van der Waals surface area contributed by atoms with Crippen LogP contribution in [0.2, 0.25) is 0 Å². The normalized spacial score (nSPS) is 11.9. The summed E-state index contributed by atoms with van der Waals surface area (Å²) in [6.07, 6.45) is 0. The summed E-state index contributed by atoms with van der Waals surface area (Å²) >= 11 is 0. The van der Waals surface area contributed by atoms with Crippen LogP contribution in [-0.4, -0.2) is 25.3 Å². The van der Waals surface area contributed by atoms with E-state index in [1.54, 1.807) is 36.4 Å². The van der Waals surface area contributed by atoms with E-state index in [9.17, 15) is 25.3 Å². The van der Waals surface area contributed by atoms with Gasteiger partial charge in [0.1, 0.15) is 23.0 Å². The predicted octanol–water partition coefficient (Wildman–Crippen LogP) is 7.77. The summed E-state index contributed by atoms with van der Waals surface area (Å²) in [5.74, 6) is 1.51. The minimum Gasteiger partial charge on any atom is -0.457 e. The Bertz CT molecular complexity index is 2160. The molecule has 6 aromatic rings. The van der Waals surface area contributed by atoms with Crippen LogP contribution in [-0.2, 0) is 29.5 Å². The summed E-state index contributed by atoms with van der Waals surface area (Å²) < 4.78 is 89.4. The molecular weight excluding hydrogens is 657 g/mol. The Morgan fingerprint density at radius 1 is 0.255 bits per heavy atom. The maximum atomic E-state index is 13.3. The first-order valence-corrected chi connectivity index (χ1v) is 18.6. The first-order chi connectivity index (χ1) is 22.5. The third kappa shape index (κ3) is 6.82. The fourth-order valence-electron chi connectivity index (χ4n) is 4.63. The van der Waals surface area contributed by atoms with Crippen LogP contribution in [0.1, 0.15) is 0 Å². The Labute approximate surface area is 273 Å². The molecule has 0 aliphatic heterocycles. The Kier molecular flexibility index (Phi) is 8.69. The minimum atomic E-state index is -3.86. The van der Waals surface area contributed by atoms with Crippen molar-refractivity contribution in [2.75, 3.05) is 0 Å². The van der Waals surface area contributed by atoms with Crippen molar-refractivity contribution >= 4 is 29.5 Å². The van der Waals surface area contributed by atoms with Crippen molar-refractivity contribution in [2.24, 2.45) is 0 Å². The highest BCUT2D eigenvalue weighted by Crippen LogP contribution is 2.30. The fourth-order valence-corrected chi connectivity index (χ4v) is 8.45. The van der Waals surface area contributed by atoms with Crippen LogP contribution in [0, 0.1) is 0 Å². The molecule has 0 atom stereocenters. The second-order valence-electron chi connectivity index (χ2n) is 10.2. The Balaban J connectivity index is 1.10. The van der Waals surface area contributed by atoms with E-state index in [2.05, 4.69) is 0 Å². The molecule has 8 nitrogen and oxygen atoms in total. The van der Waals surface area contributed by atoms with Gasteiger partial charge >= 0.3 is 0 Å². The molecule has 0 unspecified atom stereocenters. The average Bonchev–Trinajstić information content (AvgIpc) is 3.10. The second-order valence-corrected chi connectivity index (χ2v) is 16.1. The van der Waals surface area contributed by atoms with Crippen LogP contribution in [0.25, 0.3) is 0 Å². The molecular formula is C36H26O8S3. The molecule has 0 saturated heterocycles. The number of benzene rings is 6. The molecule has 0 bridgehead atoms. The van der Waals surface area contributed by atoms with Gasteiger partial charge in [-0.05, 0) is 121 Å². The predicted molar refractivity (Wildman–Crippen MR) is 175 cm³/mol. The summed E-state index contributed by atoms with van der Waals surface area (Å²) in [5.41, 5.74) is 0. The highest BCUT2D eigenvalue weighted by atomic mass is 32.2. The number of rotatable bonds is 10. The number of ether oxygens (including phenoxy) is 2. The molecule has 0 fully saturated rings. The Hall–Kier alpha value is -5.23. The lowest BCUT2D eigenvalue weighted by Gasteiger charge is -2.10. The van der Waals surface area contributed by atoms with Crippen LogP contribution in [0.3, 0.4) is 0 Å². The smallest absolute Gasteiger partial charge is 0.206 e. The summed E-state index contributed by atoms with van der Waals surface area (Å²) in [5, 5.41) is 0. The van der Waals surface area contributed by atoms with Gasteiger partial charge in [-0.25, -0.2) is 25.3 Å². The van der Waals surface area contributed by atoms with Gasteiger partial charge < -0.3 is 9.47 Å². The number of hydrogen-bond donors (Lipinski definition) is 0. The van der Waals surface area contributed by atoms with Crippen molar-refractivity contribution in [1.82, 2.24) is 0 Å². The Morgan fingerprint density at radius 2 is 0.447 bits per heavy atom. The van der Waals surface area contributed by atoms with E-state index < -0.39 is 29.5 Å². The highest BCUT2D eigenvalue weighted by Gasteiger charge is 2.20. The van der Waals surface area contributed by atoms with Gasteiger partial charge in [0.25, 0.3) is 0 Å². The lowest BCUT2D eigenvalue weighted by atomic mass is 10.3. The summed E-state index contributed by atoms with van der Waals surface area (Å²) in [7, 11) is -11.2. The van der Waals surface area contributed by atoms with E-state index in [1.165, 1.54) is 121 Å². The van der Waals surface area contributed by atoms with Crippen LogP contribution < -0.4 is 9.47 Å². The summed E-state index contributed by atoms with van der Waals surface area (Å²) in [6, 6.07) is 39.9. The quantitative estimate of drug-likeness (QED) is 0.144. The van der Waals surface area contributed by atoms with E-state index in [1.807, 2.05) is 0 Å². The molecule has 0 spiro atoms. The maximum absolute atomic E-state index is 13.3. The van der Waals surface area contributed by atoms with Crippen LogP contribution in [0.5, 0.6) is 23.0 Å². The SMILES string of the molecule is O=S(=O)(c1ccccc1)c1ccc(Oc2ccc(S(=O)(=O)c3ccc(Oc4ccc(S(=O)(=O)c5ccccc5)cc4)cc3)cc2)cc1. The topological polar surface area (TPSA) is 121 Å². The van der Waals surface area contributed by atoms with Gasteiger partial charge in [0.05, 0.1) is 29.4 Å². The van der Waals surface area contributed by atoms with Gasteiger partial charge in [0.15, 0.2) is 0 Å². The summed E-state index contributed by atoms with van der Waals surface area (Å²) in [4.78, 5) is 0.742. The monoisotopic (exact) mass is 682 g/mol. The molecule has 0 radical (unpaired) electrons. The van der Waals surface area contributed by atoms with E-state index >= 15 is 0 Å². The van der Waals surface area contributed by atoms with Gasteiger partial charge in [0.2, 0.25) is 29.5 Å². The van der Waals surface area contributed by atoms with Crippen LogP contribution >= 0.6 is 0 Å². The molecule has 0 aliphatic carbocycles. The zero-order valence-electron chi connectivity index (χ0n) is 24.5.